The Labute approximate surface area is 181 Å². The minimum atomic E-state index is 0. The van der Waals surface area contributed by atoms with Crippen LogP contribution in [-0.4, -0.2) is 0 Å². The highest BCUT2D eigenvalue weighted by molar-refractivity contribution is 5.83. The fraction of sp³-hybridized carbons (Fsp3) is 0.217. The molecule has 2 heterocycles. The summed E-state index contributed by atoms with van der Waals surface area (Å²) in [5.41, 5.74) is 1.36. The summed E-state index contributed by atoms with van der Waals surface area (Å²) in [5, 5.41) is 5.30. The van der Waals surface area contributed by atoms with Gasteiger partial charge in [-0.2, -0.15) is 0 Å². The van der Waals surface area contributed by atoms with E-state index in [1.165, 1.54) is 46.5 Å². The van der Waals surface area contributed by atoms with Crippen molar-refractivity contribution in [1.29, 1.82) is 0 Å². The average molecular weight is 488 g/mol. The zero-order chi connectivity index (χ0) is 16.9. The zero-order valence-electron chi connectivity index (χ0n) is 15.2. The minimum absolute atomic E-state index is 0. The molecule has 0 saturated heterocycles. The Bertz CT molecular complexity index is 996. The molecule has 0 radical (unpaired) electrons. The first-order chi connectivity index (χ1) is 12.4. The number of pyridine rings is 2. The topological polar surface area (TPSA) is 18.0 Å². The van der Waals surface area contributed by atoms with Gasteiger partial charge >= 0.3 is 0 Å². The van der Waals surface area contributed by atoms with Crippen molar-refractivity contribution in [2.75, 3.05) is 0 Å². The van der Waals surface area contributed by atoms with Crippen molar-refractivity contribution in [1.82, 2.24) is 0 Å². The van der Waals surface area contributed by atoms with Crippen LogP contribution in [0, 0.1) is 0 Å². The zero-order valence-corrected chi connectivity index (χ0v) is 18.4. The first-order valence-electron chi connectivity index (χ1n) is 9.16. The van der Waals surface area contributed by atoms with E-state index in [0.717, 1.165) is 13.0 Å². The molecule has 0 saturated carbocycles. The molecule has 0 aliphatic carbocycles. The largest absolute Gasteiger partial charge is 1.00 e. The summed E-state index contributed by atoms with van der Waals surface area (Å²) >= 11 is 0. The normalized spacial score (nSPS) is 10.4. The molecule has 0 fully saturated rings. The van der Waals surface area contributed by atoms with E-state index in [-0.39, 0.29) is 34.0 Å². The number of halogens is 2. The number of aromatic amines is 1. The Morgan fingerprint density at radius 3 is 2.30 bits per heavy atom. The van der Waals surface area contributed by atoms with Crippen molar-refractivity contribution < 1.29 is 43.5 Å². The highest BCUT2D eigenvalue weighted by Crippen LogP contribution is 2.16. The van der Waals surface area contributed by atoms with Crippen molar-refractivity contribution in [2.45, 2.75) is 32.2 Å². The monoisotopic (exact) mass is 486 g/mol. The third kappa shape index (κ3) is 5.36. The third-order valence-electron chi connectivity index (χ3n) is 4.90. The summed E-state index contributed by atoms with van der Waals surface area (Å²) in [4.78, 5) is 3.43. The minimum Gasteiger partial charge on any atom is -1.00 e. The molecule has 0 unspecified atom stereocenters. The summed E-state index contributed by atoms with van der Waals surface area (Å²) in [7, 11) is 0. The Balaban J connectivity index is 0.00000131. The molecule has 2 aromatic heterocycles. The van der Waals surface area contributed by atoms with Crippen LogP contribution in [0.15, 0.2) is 79.3 Å². The predicted molar refractivity (Wildman–Crippen MR) is 102 cm³/mol. The van der Waals surface area contributed by atoms with E-state index < -0.39 is 0 Å². The van der Waals surface area contributed by atoms with E-state index in [1.807, 2.05) is 0 Å². The molecule has 0 bridgehead atoms. The van der Waals surface area contributed by atoms with Crippen molar-refractivity contribution in [2.24, 2.45) is 0 Å². The predicted octanol–water partition coefficient (Wildman–Crippen LogP) is -1.48. The fourth-order valence-electron chi connectivity index (χ4n) is 3.52. The Morgan fingerprint density at radius 1 is 0.704 bits per heavy atom. The van der Waals surface area contributed by atoms with Crippen LogP contribution in [-0.2, 0) is 13.0 Å². The van der Waals surface area contributed by atoms with Crippen molar-refractivity contribution in [3.63, 3.8) is 0 Å². The number of nitrogens with one attached hydrogen (secondary N) is 1. The Morgan fingerprint density at radius 2 is 1.44 bits per heavy atom. The highest BCUT2D eigenvalue weighted by Gasteiger charge is 2.08. The number of benzene rings is 2. The number of rotatable bonds is 6. The van der Waals surface area contributed by atoms with Gasteiger partial charge in [-0.05, 0) is 35.7 Å². The van der Waals surface area contributed by atoms with Gasteiger partial charge in [0.05, 0.1) is 0 Å². The Kier molecular flexibility index (Phi) is 8.39. The molecule has 2 nitrogen and oxygen atoms in total. The molecule has 140 valence electrons. The molecule has 0 amide bonds. The lowest BCUT2D eigenvalue weighted by Gasteiger charge is -2.01. The average Bonchev–Trinajstić information content (AvgIpc) is 2.68. The molecule has 4 rings (SSSR count). The summed E-state index contributed by atoms with van der Waals surface area (Å²) in [6.07, 6.45) is 11.3. The molecule has 0 spiro atoms. The molecule has 4 aromatic rings. The number of unbranched alkanes of at least 4 members (excludes halogenated alkanes) is 2. The smallest absolute Gasteiger partial charge is 0.187 e. The van der Waals surface area contributed by atoms with Crippen LogP contribution in [0.4, 0.5) is 0 Å². The van der Waals surface area contributed by atoms with Gasteiger partial charge in [0.2, 0.25) is 0 Å². The molecular weight excluding hydrogens is 464 g/mol. The van der Waals surface area contributed by atoms with Crippen LogP contribution < -0.4 is 43.5 Å². The lowest BCUT2D eigenvalue weighted by atomic mass is 10.1. The van der Waals surface area contributed by atoms with Crippen molar-refractivity contribution in [3.05, 3.63) is 84.9 Å². The summed E-state index contributed by atoms with van der Waals surface area (Å²) in [6, 6.07) is 21.5. The van der Waals surface area contributed by atoms with Crippen molar-refractivity contribution in [3.8, 4) is 0 Å². The molecule has 1 N–H and O–H groups in total. The molecule has 0 aliphatic heterocycles. The third-order valence-corrected chi connectivity index (χ3v) is 4.90. The van der Waals surface area contributed by atoms with Crippen LogP contribution in [0.1, 0.15) is 25.0 Å². The van der Waals surface area contributed by atoms with Gasteiger partial charge < -0.3 is 34.0 Å². The van der Waals surface area contributed by atoms with E-state index in [0.29, 0.717) is 0 Å². The van der Waals surface area contributed by atoms with Crippen LogP contribution in [0.3, 0.4) is 0 Å². The van der Waals surface area contributed by atoms with Crippen LogP contribution in [0.5, 0.6) is 0 Å². The van der Waals surface area contributed by atoms with E-state index in [1.54, 1.807) is 0 Å². The number of aromatic nitrogens is 2. The van der Waals surface area contributed by atoms with Crippen LogP contribution >= 0.6 is 0 Å². The van der Waals surface area contributed by atoms with Gasteiger partial charge in [0.1, 0.15) is 6.54 Å². The first-order valence-corrected chi connectivity index (χ1v) is 9.16. The number of fused-ring (bicyclic) bond motifs is 2. The SMILES string of the molecule is [Br-].[Br-].c1ccc2c[n+](CCCCCc3[nH+]ccc4ccccc34)ccc2c1. The number of nitrogens with zero attached hydrogens (tertiary/aromatic N) is 1. The van der Waals surface area contributed by atoms with E-state index in [2.05, 4.69) is 88.8 Å². The number of hydrogen-bond donors (Lipinski definition) is 0. The highest BCUT2D eigenvalue weighted by atomic mass is 79.9. The molecular formula is C23H24Br2N2. The quantitative estimate of drug-likeness (QED) is 0.233. The van der Waals surface area contributed by atoms with Gasteiger partial charge in [-0.25, -0.2) is 9.55 Å². The molecule has 4 heteroatoms. The maximum atomic E-state index is 3.43. The van der Waals surface area contributed by atoms with Gasteiger partial charge in [-0.1, -0.05) is 36.4 Å². The maximum Gasteiger partial charge on any atom is 0.187 e. The number of H-pyrrole nitrogens is 1. The number of aryl methyl sites for hydroxylation is 2. The van der Waals surface area contributed by atoms with Gasteiger partial charge in [0.25, 0.3) is 0 Å². The molecule has 0 atom stereocenters. The van der Waals surface area contributed by atoms with Gasteiger partial charge in [-0.15, -0.1) is 0 Å². The Hall–Kier alpha value is -1.78. The van der Waals surface area contributed by atoms with Gasteiger partial charge in [0, 0.05) is 35.7 Å². The maximum absolute atomic E-state index is 3.43. The standard InChI is InChI=1S/C23H23N2.2BrH/c1(2-12-23-22-11-6-5-9-20(22)13-15-24-23)7-16-25-17-14-19-8-3-4-10-21(19)18-25;;/h3-6,8-11,13-15,17-18H,1-2,7,12,16H2;2*1H/q+1;;/p-1. The van der Waals surface area contributed by atoms with E-state index in [9.17, 15) is 0 Å². The second-order valence-corrected chi connectivity index (χ2v) is 6.67. The van der Waals surface area contributed by atoms with Gasteiger partial charge in [0.15, 0.2) is 24.3 Å². The lowest BCUT2D eigenvalue weighted by molar-refractivity contribution is -0.696. The first kappa shape index (κ1) is 21.5. The van der Waals surface area contributed by atoms with Crippen molar-refractivity contribution >= 4 is 21.5 Å². The van der Waals surface area contributed by atoms with Crippen LogP contribution in [0.25, 0.3) is 21.5 Å². The second kappa shape index (κ2) is 10.5. The molecule has 27 heavy (non-hydrogen) atoms. The summed E-state index contributed by atoms with van der Waals surface area (Å²) < 4.78 is 2.31. The van der Waals surface area contributed by atoms with E-state index in [4.69, 9.17) is 0 Å². The number of hydrogen-bond acceptors (Lipinski definition) is 0. The summed E-state index contributed by atoms with van der Waals surface area (Å²) in [6.45, 7) is 1.09. The second-order valence-electron chi connectivity index (χ2n) is 6.67. The van der Waals surface area contributed by atoms with E-state index >= 15 is 0 Å². The van der Waals surface area contributed by atoms with Gasteiger partial charge in [-0.3, -0.25) is 0 Å². The summed E-state index contributed by atoms with van der Waals surface area (Å²) in [5.74, 6) is 0. The van der Waals surface area contributed by atoms with Crippen LogP contribution in [0.2, 0.25) is 0 Å². The molecule has 0 aliphatic rings. The fourth-order valence-corrected chi connectivity index (χ4v) is 3.52. The lowest BCUT2D eigenvalue weighted by Crippen LogP contribution is -3.00. The molecule has 2 aromatic carbocycles.